The van der Waals surface area contributed by atoms with Crippen molar-refractivity contribution in [3.63, 3.8) is 0 Å². The topological polar surface area (TPSA) is 89.6 Å². The molecule has 0 spiro atoms. The molecule has 3 aromatic rings. The monoisotopic (exact) mass is 415 g/mol. The van der Waals surface area contributed by atoms with Gasteiger partial charge in [0.05, 0.1) is 11.1 Å². The zero-order valence-corrected chi connectivity index (χ0v) is 17.3. The first kappa shape index (κ1) is 19.5. The molecular formula is C23H25N7O. The van der Waals surface area contributed by atoms with Crippen LogP contribution in [0.5, 0.6) is 0 Å². The van der Waals surface area contributed by atoms with Gasteiger partial charge in [-0.15, -0.1) is 0 Å². The molecule has 1 amide bonds. The summed E-state index contributed by atoms with van der Waals surface area (Å²) >= 11 is 0. The minimum absolute atomic E-state index is 0.208. The minimum atomic E-state index is 0.208. The number of likely N-dealkylation sites (tertiary alicyclic amines) is 1. The molecule has 0 aliphatic carbocycles. The summed E-state index contributed by atoms with van der Waals surface area (Å²) in [6.07, 6.45) is 8.00. The highest BCUT2D eigenvalue weighted by Gasteiger charge is 2.41. The Bertz CT molecular complexity index is 1100. The van der Waals surface area contributed by atoms with Crippen LogP contribution >= 0.6 is 0 Å². The van der Waals surface area contributed by atoms with E-state index in [0.29, 0.717) is 37.2 Å². The van der Waals surface area contributed by atoms with Crippen LogP contribution in [-0.2, 0) is 11.3 Å². The molecular weight excluding hydrogens is 390 g/mol. The molecule has 3 aromatic heterocycles. The van der Waals surface area contributed by atoms with Crippen molar-refractivity contribution in [3.05, 3.63) is 60.0 Å². The molecule has 2 unspecified atom stereocenters. The highest BCUT2D eigenvalue weighted by molar-refractivity contribution is 5.77. The lowest BCUT2D eigenvalue weighted by atomic mass is 10.1. The third kappa shape index (κ3) is 3.84. The van der Waals surface area contributed by atoms with Crippen molar-refractivity contribution in [2.75, 3.05) is 24.5 Å². The van der Waals surface area contributed by atoms with Crippen LogP contribution < -0.4 is 10.2 Å². The van der Waals surface area contributed by atoms with E-state index in [0.717, 1.165) is 37.3 Å². The van der Waals surface area contributed by atoms with E-state index >= 15 is 0 Å². The summed E-state index contributed by atoms with van der Waals surface area (Å²) in [5, 5.41) is 16.6. The van der Waals surface area contributed by atoms with E-state index in [1.165, 1.54) is 5.56 Å². The normalized spacial score (nSPS) is 20.2. The van der Waals surface area contributed by atoms with E-state index in [4.69, 9.17) is 5.26 Å². The Hall–Kier alpha value is -3.44. The smallest absolute Gasteiger partial charge is 0.223 e. The number of nitrogens with zero attached hydrogens (tertiary/aromatic N) is 6. The highest BCUT2D eigenvalue weighted by atomic mass is 16.2. The van der Waals surface area contributed by atoms with Crippen LogP contribution in [0.3, 0.4) is 0 Å². The molecule has 8 heteroatoms. The number of piperazine rings is 1. The fourth-order valence-corrected chi connectivity index (χ4v) is 4.82. The van der Waals surface area contributed by atoms with Gasteiger partial charge in [0.2, 0.25) is 5.91 Å². The molecule has 2 saturated heterocycles. The van der Waals surface area contributed by atoms with Crippen LogP contribution in [0.2, 0.25) is 0 Å². The number of amides is 1. The Morgan fingerprint density at radius 3 is 2.77 bits per heavy atom. The molecule has 2 aliphatic rings. The molecule has 2 bridgehead atoms. The first-order valence-corrected chi connectivity index (χ1v) is 10.8. The molecule has 2 atom stereocenters. The fraction of sp³-hybridized carbons (Fsp3) is 0.391. The zero-order chi connectivity index (χ0) is 21.2. The number of hydrogen-bond donors (Lipinski definition) is 1. The molecule has 31 heavy (non-hydrogen) atoms. The second-order valence-electron chi connectivity index (χ2n) is 8.23. The number of hydrogen-bond acceptors (Lipinski definition) is 6. The van der Waals surface area contributed by atoms with Crippen molar-refractivity contribution in [1.29, 1.82) is 5.26 Å². The molecule has 1 N–H and O–H groups in total. The Morgan fingerprint density at radius 1 is 1.19 bits per heavy atom. The van der Waals surface area contributed by atoms with Gasteiger partial charge in [0.1, 0.15) is 11.9 Å². The lowest BCUT2D eigenvalue weighted by Gasteiger charge is -2.41. The Labute approximate surface area is 181 Å². The second kappa shape index (κ2) is 8.36. The maximum absolute atomic E-state index is 12.8. The van der Waals surface area contributed by atoms with Crippen LogP contribution in [0.4, 0.5) is 5.82 Å². The third-order valence-electron chi connectivity index (χ3n) is 6.33. The van der Waals surface area contributed by atoms with Gasteiger partial charge >= 0.3 is 0 Å². The number of aromatic nitrogens is 3. The number of carbonyl (C=O) groups excluding carboxylic acids is 1. The summed E-state index contributed by atoms with van der Waals surface area (Å²) in [5.41, 5.74) is 2.83. The summed E-state index contributed by atoms with van der Waals surface area (Å²) in [4.78, 5) is 21.7. The standard InChI is InChI=1S/C23H25N7O/c24-12-17-3-6-22(26-13-17)30-19-4-5-20(30)16-28(15-19)23(31)8-9-25-14-18-2-1-11-29-21(18)7-10-27-29/h1-3,6-7,10-11,13,19-20,25H,4-5,8-9,14-16H2. The molecule has 2 fully saturated rings. The lowest BCUT2D eigenvalue weighted by molar-refractivity contribution is -0.132. The van der Waals surface area contributed by atoms with Gasteiger partial charge in [-0.25, -0.2) is 9.50 Å². The van der Waals surface area contributed by atoms with Crippen molar-refractivity contribution in [2.45, 2.75) is 37.9 Å². The summed E-state index contributed by atoms with van der Waals surface area (Å²) < 4.78 is 1.86. The number of anilines is 1. The molecule has 158 valence electrons. The molecule has 5 heterocycles. The molecule has 5 rings (SSSR count). The SMILES string of the molecule is N#Cc1ccc(N2C3CCC2CN(C(=O)CCNCc2cccn4nccc24)C3)nc1. The summed E-state index contributed by atoms with van der Waals surface area (Å²) in [6.45, 7) is 2.85. The first-order chi connectivity index (χ1) is 15.2. The van der Waals surface area contributed by atoms with Gasteiger partial charge < -0.3 is 15.1 Å². The lowest BCUT2D eigenvalue weighted by Crippen LogP contribution is -2.56. The van der Waals surface area contributed by atoms with Gasteiger partial charge in [-0.05, 0) is 42.7 Å². The van der Waals surface area contributed by atoms with Gasteiger partial charge in [0.15, 0.2) is 0 Å². The van der Waals surface area contributed by atoms with Crippen LogP contribution in [0.1, 0.15) is 30.4 Å². The third-order valence-corrected chi connectivity index (χ3v) is 6.33. The number of fused-ring (bicyclic) bond motifs is 3. The van der Waals surface area contributed by atoms with Gasteiger partial charge in [-0.1, -0.05) is 6.07 Å². The Balaban J connectivity index is 1.14. The van der Waals surface area contributed by atoms with Gasteiger partial charge in [-0.2, -0.15) is 10.4 Å². The van der Waals surface area contributed by atoms with Crippen LogP contribution in [0.25, 0.3) is 5.52 Å². The van der Waals surface area contributed by atoms with Crippen LogP contribution in [-0.4, -0.2) is 57.1 Å². The predicted octanol–water partition coefficient (Wildman–Crippen LogP) is 1.96. The Morgan fingerprint density at radius 2 is 2.03 bits per heavy atom. The summed E-state index contributed by atoms with van der Waals surface area (Å²) in [5.74, 6) is 1.12. The largest absolute Gasteiger partial charge is 0.347 e. The quantitative estimate of drug-likeness (QED) is 0.619. The van der Waals surface area contributed by atoms with E-state index in [1.54, 1.807) is 12.4 Å². The molecule has 0 radical (unpaired) electrons. The van der Waals surface area contributed by atoms with E-state index in [2.05, 4.69) is 32.4 Å². The van der Waals surface area contributed by atoms with Crippen molar-refractivity contribution < 1.29 is 4.79 Å². The van der Waals surface area contributed by atoms with E-state index in [-0.39, 0.29) is 5.91 Å². The van der Waals surface area contributed by atoms with E-state index in [9.17, 15) is 4.79 Å². The van der Waals surface area contributed by atoms with Crippen LogP contribution in [0, 0.1) is 11.3 Å². The maximum atomic E-state index is 12.8. The second-order valence-corrected chi connectivity index (χ2v) is 8.23. The van der Waals surface area contributed by atoms with Crippen molar-refractivity contribution in [2.24, 2.45) is 0 Å². The number of nitrogens with one attached hydrogen (secondary N) is 1. The van der Waals surface area contributed by atoms with E-state index < -0.39 is 0 Å². The summed E-state index contributed by atoms with van der Waals surface area (Å²) in [7, 11) is 0. The molecule has 0 aromatic carbocycles. The number of nitriles is 1. The molecule has 8 nitrogen and oxygen atoms in total. The van der Waals surface area contributed by atoms with Crippen molar-refractivity contribution >= 4 is 17.2 Å². The van der Waals surface area contributed by atoms with Crippen LogP contribution in [0.15, 0.2) is 48.9 Å². The highest BCUT2D eigenvalue weighted by Crippen LogP contribution is 2.34. The Kier molecular flexibility index (Phi) is 5.26. The van der Waals surface area contributed by atoms with E-state index in [1.807, 2.05) is 39.9 Å². The van der Waals surface area contributed by atoms with Gasteiger partial charge in [-0.3, -0.25) is 4.79 Å². The fourth-order valence-electron chi connectivity index (χ4n) is 4.82. The van der Waals surface area contributed by atoms with Gasteiger partial charge in [0.25, 0.3) is 0 Å². The molecule has 0 saturated carbocycles. The number of carbonyl (C=O) groups is 1. The average Bonchev–Trinajstić information content (AvgIpc) is 3.39. The average molecular weight is 416 g/mol. The maximum Gasteiger partial charge on any atom is 0.223 e. The number of pyridine rings is 2. The molecule has 2 aliphatic heterocycles. The predicted molar refractivity (Wildman–Crippen MR) is 116 cm³/mol. The van der Waals surface area contributed by atoms with Crippen molar-refractivity contribution in [3.8, 4) is 6.07 Å². The zero-order valence-electron chi connectivity index (χ0n) is 17.3. The number of rotatable bonds is 6. The van der Waals surface area contributed by atoms with Gasteiger partial charge in [0, 0.05) is 63.3 Å². The first-order valence-electron chi connectivity index (χ1n) is 10.8. The summed E-state index contributed by atoms with van der Waals surface area (Å²) in [6, 6.07) is 12.5. The minimum Gasteiger partial charge on any atom is -0.347 e. The van der Waals surface area contributed by atoms with Crippen molar-refractivity contribution in [1.82, 2.24) is 24.8 Å².